The Morgan fingerprint density at radius 1 is 0.804 bits per heavy atom. The predicted octanol–water partition coefficient (Wildman–Crippen LogP) is 5.95. The van der Waals surface area contributed by atoms with E-state index in [1.165, 1.54) is 19.3 Å². The standard InChI is InChI=1S/C37H47N3O6/c41-26-27-13-15-29(16-14-27)34-23-32(25-40-21-7-2-8-22-40)45-37(46-34)30-19-17-28(18-20-30)33-10-6-5-9-31(33)24-38-35(42)11-3-1-4-12-36(43)39-44/h5-6,9-10,13-20,32,34,37,41,44H,1-4,7-8,11-12,21-26H2,(H,38,42)(H,39,43)/t32-,34+,37+/m1/s1. The van der Waals surface area contributed by atoms with Crippen molar-refractivity contribution in [2.45, 2.75) is 89.4 Å². The van der Waals surface area contributed by atoms with Gasteiger partial charge in [0.25, 0.3) is 0 Å². The van der Waals surface area contributed by atoms with E-state index in [2.05, 4.69) is 52.7 Å². The minimum absolute atomic E-state index is 0.0199. The van der Waals surface area contributed by atoms with E-state index in [1.54, 1.807) is 5.48 Å². The molecule has 0 spiro atoms. The summed E-state index contributed by atoms with van der Waals surface area (Å²) >= 11 is 0. The maximum atomic E-state index is 12.5. The van der Waals surface area contributed by atoms with Crippen LogP contribution in [0.4, 0.5) is 0 Å². The summed E-state index contributed by atoms with van der Waals surface area (Å²) in [4.78, 5) is 26.1. The lowest BCUT2D eigenvalue weighted by atomic mass is 9.97. The molecular weight excluding hydrogens is 582 g/mol. The normalized spacial score (nSPS) is 20.3. The van der Waals surface area contributed by atoms with Crippen LogP contribution in [-0.4, -0.2) is 52.8 Å². The summed E-state index contributed by atoms with van der Waals surface area (Å²) < 4.78 is 13.2. The third-order valence-electron chi connectivity index (χ3n) is 8.95. The average Bonchev–Trinajstić information content (AvgIpc) is 3.11. The number of carbonyl (C=O) groups excluding carboxylic acids is 2. The summed E-state index contributed by atoms with van der Waals surface area (Å²) in [7, 11) is 0. The molecule has 3 atom stereocenters. The molecule has 2 heterocycles. The van der Waals surface area contributed by atoms with Crippen molar-refractivity contribution in [3.8, 4) is 11.1 Å². The number of nitrogens with zero attached hydrogens (tertiary/aromatic N) is 1. The fourth-order valence-electron chi connectivity index (χ4n) is 6.32. The fourth-order valence-corrected chi connectivity index (χ4v) is 6.32. The summed E-state index contributed by atoms with van der Waals surface area (Å²) in [6.45, 7) is 3.56. The molecule has 2 fully saturated rings. The Labute approximate surface area is 271 Å². The molecule has 46 heavy (non-hydrogen) atoms. The summed E-state index contributed by atoms with van der Waals surface area (Å²) in [5, 5.41) is 21.1. The maximum Gasteiger partial charge on any atom is 0.243 e. The van der Waals surface area contributed by atoms with E-state index < -0.39 is 12.2 Å². The molecule has 3 aromatic rings. The molecule has 9 nitrogen and oxygen atoms in total. The second kappa shape index (κ2) is 17.4. The van der Waals surface area contributed by atoms with Crippen LogP contribution in [0.5, 0.6) is 0 Å². The highest BCUT2D eigenvalue weighted by Gasteiger charge is 2.33. The van der Waals surface area contributed by atoms with Gasteiger partial charge in [-0.3, -0.25) is 14.8 Å². The van der Waals surface area contributed by atoms with Gasteiger partial charge in [0.1, 0.15) is 0 Å². The van der Waals surface area contributed by atoms with Crippen molar-refractivity contribution >= 4 is 11.8 Å². The monoisotopic (exact) mass is 629 g/mol. The third-order valence-corrected chi connectivity index (χ3v) is 8.95. The number of hydroxylamine groups is 1. The van der Waals surface area contributed by atoms with Crippen molar-refractivity contribution in [3.63, 3.8) is 0 Å². The van der Waals surface area contributed by atoms with E-state index in [9.17, 15) is 14.7 Å². The van der Waals surface area contributed by atoms with Gasteiger partial charge in [-0.25, -0.2) is 5.48 Å². The fraction of sp³-hybridized carbons (Fsp3) is 0.459. The molecular formula is C37H47N3O6. The number of nitrogens with one attached hydrogen (secondary N) is 2. The summed E-state index contributed by atoms with van der Waals surface area (Å²) in [6, 6.07) is 24.4. The van der Waals surface area contributed by atoms with Gasteiger partial charge in [-0.05, 0) is 66.6 Å². The zero-order valence-electron chi connectivity index (χ0n) is 26.5. The van der Waals surface area contributed by atoms with Crippen LogP contribution in [0.3, 0.4) is 0 Å². The second-order valence-electron chi connectivity index (χ2n) is 12.4. The Hall–Kier alpha value is -3.60. The van der Waals surface area contributed by atoms with Gasteiger partial charge in [-0.1, -0.05) is 85.6 Å². The smallest absolute Gasteiger partial charge is 0.243 e. The second-order valence-corrected chi connectivity index (χ2v) is 12.4. The number of rotatable bonds is 14. The molecule has 246 valence electrons. The first-order chi connectivity index (χ1) is 22.5. The molecule has 0 aromatic heterocycles. The van der Waals surface area contributed by atoms with Gasteiger partial charge in [0, 0.05) is 37.9 Å². The number of piperidine rings is 1. The van der Waals surface area contributed by atoms with Crippen molar-refractivity contribution in [1.29, 1.82) is 0 Å². The zero-order chi connectivity index (χ0) is 32.1. The molecule has 2 amide bonds. The quantitative estimate of drug-likeness (QED) is 0.0989. The van der Waals surface area contributed by atoms with E-state index >= 15 is 0 Å². The van der Waals surface area contributed by atoms with E-state index in [-0.39, 0.29) is 31.1 Å². The first kappa shape index (κ1) is 33.8. The van der Waals surface area contributed by atoms with Crippen LogP contribution >= 0.6 is 0 Å². The van der Waals surface area contributed by atoms with Gasteiger partial charge < -0.3 is 24.8 Å². The van der Waals surface area contributed by atoms with Gasteiger partial charge in [-0.15, -0.1) is 0 Å². The lowest BCUT2D eigenvalue weighted by Gasteiger charge is -2.39. The number of hydrogen-bond donors (Lipinski definition) is 4. The third kappa shape index (κ3) is 9.70. The Morgan fingerprint density at radius 2 is 1.50 bits per heavy atom. The van der Waals surface area contributed by atoms with Crippen LogP contribution in [0.15, 0.2) is 72.8 Å². The molecule has 0 saturated carbocycles. The van der Waals surface area contributed by atoms with Crippen LogP contribution in [0, 0.1) is 0 Å². The predicted molar refractivity (Wildman–Crippen MR) is 175 cm³/mol. The van der Waals surface area contributed by atoms with Crippen LogP contribution < -0.4 is 10.8 Å². The van der Waals surface area contributed by atoms with E-state index in [1.807, 2.05) is 30.3 Å². The number of aliphatic hydroxyl groups excluding tert-OH is 1. The molecule has 0 unspecified atom stereocenters. The zero-order valence-corrected chi connectivity index (χ0v) is 26.5. The lowest BCUT2D eigenvalue weighted by molar-refractivity contribution is -0.253. The summed E-state index contributed by atoms with van der Waals surface area (Å²) in [5.74, 6) is -0.428. The highest BCUT2D eigenvalue weighted by molar-refractivity contribution is 5.76. The van der Waals surface area contributed by atoms with Crippen molar-refractivity contribution in [2.24, 2.45) is 0 Å². The van der Waals surface area contributed by atoms with Crippen LogP contribution in [-0.2, 0) is 32.2 Å². The minimum atomic E-state index is -0.493. The lowest BCUT2D eigenvalue weighted by Crippen LogP contribution is -2.41. The first-order valence-electron chi connectivity index (χ1n) is 16.6. The minimum Gasteiger partial charge on any atom is -0.392 e. The average molecular weight is 630 g/mol. The number of aliphatic hydroxyl groups is 1. The van der Waals surface area contributed by atoms with Crippen molar-refractivity contribution < 1.29 is 29.4 Å². The SMILES string of the molecule is O=C(CCCCCC(=O)NCc1ccccc1-c1ccc([C@H]2O[C@@H](CN3CCCCC3)C[C@@H](c3ccc(CO)cc3)O2)cc1)NO. The van der Waals surface area contributed by atoms with Gasteiger partial charge in [0.15, 0.2) is 6.29 Å². The van der Waals surface area contributed by atoms with Crippen LogP contribution in [0.1, 0.15) is 92.4 Å². The van der Waals surface area contributed by atoms with Gasteiger partial charge >= 0.3 is 0 Å². The van der Waals surface area contributed by atoms with Crippen LogP contribution in [0.25, 0.3) is 11.1 Å². The highest BCUT2D eigenvalue weighted by Crippen LogP contribution is 2.39. The molecule has 0 aliphatic carbocycles. The highest BCUT2D eigenvalue weighted by atomic mass is 16.7. The Bertz CT molecular complexity index is 1390. The Balaban J connectivity index is 1.22. The number of likely N-dealkylation sites (tertiary alicyclic amines) is 1. The molecule has 5 rings (SSSR count). The Kier molecular flexibility index (Phi) is 12.7. The van der Waals surface area contributed by atoms with Crippen LogP contribution in [0.2, 0.25) is 0 Å². The maximum absolute atomic E-state index is 12.5. The molecule has 0 bridgehead atoms. The largest absolute Gasteiger partial charge is 0.392 e. The van der Waals surface area contributed by atoms with Crippen molar-refractivity contribution in [2.75, 3.05) is 19.6 Å². The van der Waals surface area contributed by atoms with Crippen molar-refractivity contribution in [1.82, 2.24) is 15.7 Å². The molecule has 2 aliphatic heterocycles. The number of hydrogen-bond acceptors (Lipinski definition) is 7. The summed E-state index contributed by atoms with van der Waals surface area (Å²) in [5.41, 5.74) is 7.70. The number of ether oxygens (including phenoxy) is 2. The molecule has 0 radical (unpaired) electrons. The molecule has 2 aliphatic rings. The first-order valence-corrected chi connectivity index (χ1v) is 16.6. The van der Waals surface area contributed by atoms with Gasteiger partial charge in [0.05, 0.1) is 18.8 Å². The van der Waals surface area contributed by atoms with E-state index in [0.717, 1.165) is 65.9 Å². The number of unbranched alkanes of at least 4 members (excludes halogenated alkanes) is 2. The number of amides is 2. The molecule has 2 saturated heterocycles. The Morgan fingerprint density at radius 3 is 2.22 bits per heavy atom. The number of carbonyl (C=O) groups is 2. The molecule has 9 heteroatoms. The van der Waals surface area contributed by atoms with E-state index in [0.29, 0.717) is 25.8 Å². The molecule has 4 N–H and O–H groups in total. The topological polar surface area (TPSA) is 120 Å². The van der Waals surface area contributed by atoms with Crippen molar-refractivity contribution in [3.05, 3.63) is 95.1 Å². The summed E-state index contributed by atoms with van der Waals surface area (Å²) in [6.07, 6.45) is 6.70. The van der Waals surface area contributed by atoms with Gasteiger partial charge in [-0.2, -0.15) is 0 Å². The molecule has 3 aromatic carbocycles. The van der Waals surface area contributed by atoms with Gasteiger partial charge in [0.2, 0.25) is 11.8 Å². The number of benzene rings is 3. The van der Waals surface area contributed by atoms with E-state index in [4.69, 9.17) is 14.7 Å².